The summed E-state index contributed by atoms with van der Waals surface area (Å²) in [6.45, 7) is 4.58. The van der Waals surface area contributed by atoms with Crippen LogP contribution in [0.3, 0.4) is 0 Å². The number of fused-ring (bicyclic) bond motifs is 1. The molecule has 3 aromatic carbocycles. The number of methoxy groups -OCH3 is 1. The minimum Gasteiger partial charge on any atom is -0.496 e. The van der Waals surface area contributed by atoms with Crippen molar-refractivity contribution in [1.29, 1.82) is 0 Å². The number of nitro benzene ring substituents is 1. The summed E-state index contributed by atoms with van der Waals surface area (Å²) in [5.74, 6) is -0.861. The van der Waals surface area contributed by atoms with Gasteiger partial charge in [0.1, 0.15) is 5.75 Å². The van der Waals surface area contributed by atoms with Crippen molar-refractivity contribution in [2.24, 2.45) is 7.05 Å². The van der Waals surface area contributed by atoms with Gasteiger partial charge in [-0.25, -0.2) is 9.48 Å². The predicted molar refractivity (Wildman–Crippen MR) is 176 cm³/mol. The van der Waals surface area contributed by atoms with E-state index in [1.54, 1.807) is 42.8 Å². The third-order valence-corrected chi connectivity index (χ3v) is 9.00. The molecule has 0 spiro atoms. The lowest BCUT2D eigenvalue weighted by atomic mass is 10.0. The van der Waals surface area contributed by atoms with Crippen molar-refractivity contribution in [2.75, 3.05) is 18.6 Å². The van der Waals surface area contributed by atoms with Crippen molar-refractivity contribution in [2.45, 2.75) is 45.9 Å². The van der Waals surface area contributed by atoms with E-state index in [2.05, 4.69) is 5.10 Å². The van der Waals surface area contributed by atoms with Crippen LogP contribution in [-0.4, -0.2) is 50.0 Å². The van der Waals surface area contributed by atoms with Crippen LogP contribution in [0.25, 0.3) is 22.2 Å². The number of nitrogens with zero attached hydrogens (tertiary/aromatic N) is 5. The second kappa shape index (κ2) is 12.7. The second-order valence-electron chi connectivity index (χ2n) is 11.7. The number of anilines is 1. The third kappa shape index (κ3) is 5.83. The first-order chi connectivity index (χ1) is 22.6. The predicted octanol–water partition coefficient (Wildman–Crippen LogP) is 6.82. The lowest BCUT2D eigenvalue weighted by Gasteiger charge is -2.26. The number of aromatic nitrogens is 3. The van der Waals surface area contributed by atoms with Gasteiger partial charge in [-0.05, 0) is 80.6 Å². The molecule has 0 aliphatic carbocycles. The molecule has 47 heavy (non-hydrogen) atoms. The molecule has 1 saturated heterocycles. The zero-order valence-electron chi connectivity index (χ0n) is 26.6. The van der Waals surface area contributed by atoms with Crippen molar-refractivity contribution in [3.05, 3.63) is 105 Å². The highest BCUT2D eigenvalue weighted by Crippen LogP contribution is 2.35. The molecule has 0 bridgehead atoms. The van der Waals surface area contributed by atoms with Crippen LogP contribution in [-0.2, 0) is 18.3 Å². The van der Waals surface area contributed by atoms with Gasteiger partial charge in [0.25, 0.3) is 11.6 Å². The lowest BCUT2D eigenvalue weighted by molar-refractivity contribution is -0.384. The van der Waals surface area contributed by atoms with Gasteiger partial charge in [-0.3, -0.25) is 14.9 Å². The Hall–Kier alpha value is -5.49. The zero-order chi connectivity index (χ0) is 33.4. The number of ether oxygens (including phenoxy) is 2. The molecule has 1 aliphatic heterocycles. The van der Waals surface area contributed by atoms with E-state index in [1.165, 1.54) is 12.1 Å². The van der Waals surface area contributed by atoms with Crippen LogP contribution >= 0.6 is 0 Å². The van der Waals surface area contributed by atoms with Gasteiger partial charge in [0, 0.05) is 53.8 Å². The number of non-ortho nitro benzene ring substituents is 1. The molecule has 1 amide bonds. The number of carbonyl (C=O) groups is 2. The maximum Gasteiger partial charge on any atom is 0.336 e. The Morgan fingerprint density at radius 3 is 2.62 bits per heavy atom. The molecular formula is C35H35N5O7. The van der Waals surface area contributed by atoms with Gasteiger partial charge in [-0.15, -0.1) is 0 Å². The second-order valence-corrected chi connectivity index (χ2v) is 11.7. The van der Waals surface area contributed by atoms with E-state index in [0.29, 0.717) is 35.0 Å². The fourth-order valence-corrected chi connectivity index (χ4v) is 6.21. The number of nitro groups is 1. The van der Waals surface area contributed by atoms with E-state index >= 15 is 0 Å². The molecule has 3 heterocycles. The number of rotatable bonds is 9. The number of amides is 1. The Balaban J connectivity index is 1.48. The van der Waals surface area contributed by atoms with Crippen molar-refractivity contribution < 1.29 is 29.1 Å². The molecule has 5 aromatic rings. The van der Waals surface area contributed by atoms with E-state index < -0.39 is 10.9 Å². The molecule has 242 valence electrons. The highest BCUT2D eigenvalue weighted by molar-refractivity contribution is 6.09. The van der Waals surface area contributed by atoms with Crippen LogP contribution in [0.5, 0.6) is 5.75 Å². The van der Waals surface area contributed by atoms with E-state index in [0.717, 1.165) is 47.4 Å². The van der Waals surface area contributed by atoms with Crippen molar-refractivity contribution in [1.82, 2.24) is 14.3 Å². The average Bonchev–Trinajstić information content (AvgIpc) is 3.63. The largest absolute Gasteiger partial charge is 0.496 e. The monoisotopic (exact) mass is 637 g/mol. The summed E-state index contributed by atoms with van der Waals surface area (Å²) in [5, 5.41) is 27.0. The number of benzene rings is 3. The Morgan fingerprint density at radius 1 is 1.11 bits per heavy atom. The molecular weight excluding hydrogens is 602 g/mol. The van der Waals surface area contributed by atoms with Gasteiger partial charge >= 0.3 is 5.97 Å². The van der Waals surface area contributed by atoms with Crippen LogP contribution in [0.1, 0.15) is 63.0 Å². The summed E-state index contributed by atoms with van der Waals surface area (Å²) in [6.07, 6.45) is 4.48. The van der Waals surface area contributed by atoms with Crippen LogP contribution in [0.15, 0.2) is 66.9 Å². The molecule has 1 atom stereocenters. The Kier molecular flexibility index (Phi) is 8.52. The zero-order valence-corrected chi connectivity index (χ0v) is 26.6. The normalized spacial score (nSPS) is 14.7. The standard InChI is InChI=1S/C35H35N5O7/c1-21-24(8-7-9-32(21)46-4)20-38(25-12-11-23-19-36-39(30(23)17-25)33-10-5-6-15-47-33)34(41)28-18-31(37(3)22(28)2)29-16-26(40(44)45)13-14-27(29)35(42)43/h7-9,11-14,16-19,33H,5-6,10,15,20H2,1-4H3,(H,42,43). The van der Waals surface area contributed by atoms with Gasteiger partial charge in [0.2, 0.25) is 0 Å². The number of carboxylic acid groups (broad SMARTS) is 1. The molecule has 1 unspecified atom stereocenters. The first kappa shape index (κ1) is 31.5. The first-order valence-corrected chi connectivity index (χ1v) is 15.3. The number of carboxylic acids is 1. The smallest absolute Gasteiger partial charge is 0.336 e. The summed E-state index contributed by atoms with van der Waals surface area (Å²) in [7, 11) is 3.31. The summed E-state index contributed by atoms with van der Waals surface area (Å²) in [6, 6.07) is 16.7. The third-order valence-electron chi connectivity index (χ3n) is 9.00. The molecule has 0 radical (unpaired) electrons. The van der Waals surface area contributed by atoms with Gasteiger partial charge in [-0.2, -0.15) is 5.10 Å². The maximum absolute atomic E-state index is 14.7. The summed E-state index contributed by atoms with van der Waals surface area (Å²) in [4.78, 5) is 39.5. The van der Waals surface area contributed by atoms with Gasteiger partial charge in [0.15, 0.2) is 6.23 Å². The fourth-order valence-electron chi connectivity index (χ4n) is 6.21. The maximum atomic E-state index is 14.7. The minimum atomic E-state index is -1.23. The molecule has 0 saturated carbocycles. The molecule has 1 N–H and O–H groups in total. The quantitative estimate of drug-likeness (QED) is 0.137. The molecule has 1 aliphatic rings. The highest BCUT2D eigenvalue weighted by Gasteiger charge is 2.28. The van der Waals surface area contributed by atoms with Gasteiger partial charge in [-0.1, -0.05) is 12.1 Å². The van der Waals surface area contributed by atoms with Crippen LogP contribution in [0.4, 0.5) is 11.4 Å². The van der Waals surface area contributed by atoms with Gasteiger partial charge < -0.3 is 24.0 Å². The minimum absolute atomic E-state index is 0.109. The fraction of sp³-hybridized carbons (Fsp3) is 0.286. The average molecular weight is 638 g/mol. The SMILES string of the molecule is COc1cccc(CN(C(=O)c2cc(-c3cc([N+](=O)[O-])ccc3C(=O)O)n(C)c2C)c2ccc3cnn(C4CCCCO4)c3c2)c1C. The topological polar surface area (TPSA) is 142 Å². The molecule has 6 rings (SSSR count). The van der Waals surface area contributed by atoms with Crippen LogP contribution in [0.2, 0.25) is 0 Å². The van der Waals surface area contributed by atoms with E-state index in [9.17, 15) is 24.8 Å². The number of hydrogen-bond acceptors (Lipinski definition) is 7. The van der Waals surface area contributed by atoms with E-state index in [-0.39, 0.29) is 35.5 Å². The molecule has 12 nitrogen and oxygen atoms in total. The van der Waals surface area contributed by atoms with E-state index in [1.807, 2.05) is 48.0 Å². The first-order valence-electron chi connectivity index (χ1n) is 15.3. The Bertz CT molecular complexity index is 2020. The van der Waals surface area contributed by atoms with E-state index in [4.69, 9.17) is 9.47 Å². The molecule has 2 aromatic heterocycles. The molecule has 1 fully saturated rings. The number of hydrogen-bond donors (Lipinski definition) is 1. The van der Waals surface area contributed by atoms with Crippen LogP contribution < -0.4 is 9.64 Å². The Morgan fingerprint density at radius 2 is 1.91 bits per heavy atom. The number of aromatic carboxylic acids is 1. The van der Waals surface area contributed by atoms with Gasteiger partial charge in [0.05, 0.1) is 41.4 Å². The van der Waals surface area contributed by atoms with Crippen molar-refractivity contribution in [3.63, 3.8) is 0 Å². The summed E-state index contributed by atoms with van der Waals surface area (Å²) >= 11 is 0. The lowest BCUT2D eigenvalue weighted by Crippen LogP contribution is -2.31. The highest BCUT2D eigenvalue weighted by atomic mass is 16.6. The summed E-state index contributed by atoms with van der Waals surface area (Å²) in [5.41, 5.74) is 4.29. The number of carbonyl (C=O) groups excluding carboxylic acids is 1. The molecule has 12 heteroatoms. The summed E-state index contributed by atoms with van der Waals surface area (Å²) < 4.78 is 15.2. The van der Waals surface area contributed by atoms with Crippen molar-refractivity contribution >= 4 is 34.2 Å². The Labute approximate surface area is 270 Å². The van der Waals surface area contributed by atoms with Crippen molar-refractivity contribution in [3.8, 4) is 17.0 Å². The van der Waals surface area contributed by atoms with Crippen LogP contribution in [0, 0.1) is 24.0 Å².